The van der Waals surface area contributed by atoms with E-state index in [0.29, 0.717) is 18.4 Å². The lowest BCUT2D eigenvalue weighted by molar-refractivity contribution is 0.0996. The number of amides is 1. The van der Waals surface area contributed by atoms with Crippen LogP contribution in [0.5, 0.6) is 0 Å². The van der Waals surface area contributed by atoms with Crippen LogP contribution < -0.4 is 4.90 Å². The fourth-order valence-electron chi connectivity index (χ4n) is 3.68. The number of carbonyl (C=O) groups is 1. The second-order valence-corrected chi connectivity index (χ2v) is 7.50. The van der Waals surface area contributed by atoms with Gasteiger partial charge in [0.05, 0.1) is 6.54 Å². The van der Waals surface area contributed by atoms with Crippen LogP contribution in [0.4, 0.5) is 5.69 Å². The molecule has 138 valence electrons. The Morgan fingerprint density at radius 2 is 1.79 bits per heavy atom. The first kappa shape index (κ1) is 16.8. The van der Waals surface area contributed by atoms with Crippen molar-refractivity contribution in [1.82, 2.24) is 4.98 Å². The molecule has 0 fully saturated rings. The molecule has 4 heteroatoms. The summed E-state index contributed by atoms with van der Waals surface area (Å²) in [6.45, 7) is 4.93. The SMILES string of the molecule is CC(C)c1ccc(-c2nc3cc(N4Cc5ccccc5C4=O)ccc3o2)cc1. The van der Waals surface area contributed by atoms with Crippen LogP contribution in [0.1, 0.15) is 41.3 Å². The summed E-state index contributed by atoms with van der Waals surface area (Å²) in [6.07, 6.45) is 0. The Bertz CT molecular complexity index is 1190. The summed E-state index contributed by atoms with van der Waals surface area (Å²) in [5, 5.41) is 0. The molecule has 1 aliphatic rings. The molecule has 0 atom stereocenters. The van der Waals surface area contributed by atoms with Crippen LogP contribution in [0.2, 0.25) is 0 Å². The predicted molar refractivity (Wildman–Crippen MR) is 110 cm³/mol. The topological polar surface area (TPSA) is 46.3 Å². The molecule has 0 saturated heterocycles. The second kappa shape index (κ2) is 6.34. The van der Waals surface area contributed by atoms with Gasteiger partial charge < -0.3 is 9.32 Å². The van der Waals surface area contributed by atoms with Gasteiger partial charge in [-0.25, -0.2) is 4.98 Å². The molecule has 5 rings (SSSR count). The van der Waals surface area contributed by atoms with E-state index in [-0.39, 0.29) is 5.91 Å². The van der Waals surface area contributed by atoms with Gasteiger partial charge in [0.2, 0.25) is 5.89 Å². The largest absolute Gasteiger partial charge is 0.436 e. The van der Waals surface area contributed by atoms with Crippen molar-refractivity contribution in [3.8, 4) is 11.5 Å². The van der Waals surface area contributed by atoms with Crippen molar-refractivity contribution in [2.75, 3.05) is 4.90 Å². The lowest BCUT2D eigenvalue weighted by Crippen LogP contribution is -2.22. The average Bonchev–Trinajstić information content (AvgIpc) is 3.29. The van der Waals surface area contributed by atoms with E-state index >= 15 is 0 Å². The summed E-state index contributed by atoms with van der Waals surface area (Å²) in [5.74, 6) is 1.11. The summed E-state index contributed by atoms with van der Waals surface area (Å²) in [7, 11) is 0. The maximum atomic E-state index is 12.7. The van der Waals surface area contributed by atoms with E-state index in [1.54, 1.807) is 4.90 Å². The number of rotatable bonds is 3. The van der Waals surface area contributed by atoms with Gasteiger partial charge in [0.1, 0.15) is 5.52 Å². The number of anilines is 1. The van der Waals surface area contributed by atoms with E-state index in [9.17, 15) is 4.79 Å². The first-order chi connectivity index (χ1) is 13.6. The first-order valence-electron chi connectivity index (χ1n) is 9.51. The average molecular weight is 368 g/mol. The number of aromatic nitrogens is 1. The second-order valence-electron chi connectivity index (χ2n) is 7.50. The standard InChI is InChI=1S/C24H20N2O2/c1-15(2)16-7-9-17(10-8-16)23-25-21-13-19(11-12-22(21)28-23)26-14-18-5-3-4-6-20(18)24(26)27/h3-13,15H,14H2,1-2H3. The first-order valence-corrected chi connectivity index (χ1v) is 9.51. The van der Waals surface area contributed by atoms with Gasteiger partial charge in [-0.15, -0.1) is 0 Å². The highest BCUT2D eigenvalue weighted by Crippen LogP contribution is 2.32. The molecule has 1 aliphatic heterocycles. The molecule has 2 heterocycles. The molecule has 28 heavy (non-hydrogen) atoms. The zero-order valence-corrected chi connectivity index (χ0v) is 15.8. The van der Waals surface area contributed by atoms with Crippen LogP contribution in [0.15, 0.2) is 71.1 Å². The van der Waals surface area contributed by atoms with Crippen LogP contribution >= 0.6 is 0 Å². The van der Waals surface area contributed by atoms with Crippen molar-refractivity contribution in [1.29, 1.82) is 0 Å². The smallest absolute Gasteiger partial charge is 0.258 e. The molecule has 0 aliphatic carbocycles. The third kappa shape index (κ3) is 2.69. The van der Waals surface area contributed by atoms with E-state index in [2.05, 4.69) is 31.0 Å². The van der Waals surface area contributed by atoms with Crippen molar-refractivity contribution >= 4 is 22.7 Å². The number of oxazole rings is 1. The van der Waals surface area contributed by atoms with Gasteiger partial charge in [0.15, 0.2) is 5.58 Å². The summed E-state index contributed by atoms with van der Waals surface area (Å²) in [6, 6.07) is 21.8. The Labute approximate surface area is 163 Å². The molecular weight excluding hydrogens is 348 g/mol. The van der Waals surface area contributed by atoms with Crippen LogP contribution in [-0.4, -0.2) is 10.9 Å². The number of hydrogen-bond acceptors (Lipinski definition) is 3. The predicted octanol–water partition coefficient (Wildman–Crippen LogP) is 5.78. The van der Waals surface area contributed by atoms with Gasteiger partial charge in [-0.2, -0.15) is 0 Å². The Balaban J connectivity index is 1.48. The Kier molecular flexibility index (Phi) is 3.79. The number of hydrogen-bond donors (Lipinski definition) is 0. The molecular formula is C24H20N2O2. The van der Waals surface area contributed by atoms with Gasteiger partial charge in [0, 0.05) is 16.8 Å². The molecule has 4 nitrogen and oxygen atoms in total. The molecule has 0 unspecified atom stereocenters. The molecule has 0 bridgehead atoms. The van der Waals surface area contributed by atoms with Crippen molar-refractivity contribution in [2.24, 2.45) is 0 Å². The fraction of sp³-hybridized carbons (Fsp3) is 0.167. The Morgan fingerprint density at radius 1 is 1.00 bits per heavy atom. The van der Waals surface area contributed by atoms with Gasteiger partial charge in [0.25, 0.3) is 5.91 Å². The summed E-state index contributed by atoms with van der Waals surface area (Å²) < 4.78 is 5.95. The highest BCUT2D eigenvalue weighted by atomic mass is 16.3. The van der Waals surface area contributed by atoms with Crippen LogP contribution in [0, 0.1) is 0 Å². The zero-order chi connectivity index (χ0) is 19.3. The maximum absolute atomic E-state index is 12.7. The summed E-state index contributed by atoms with van der Waals surface area (Å²) in [4.78, 5) is 19.2. The van der Waals surface area contributed by atoms with Crippen molar-refractivity contribution in [2.45, 2.75) is 26.3 Å². The lowest BCUT2D eigenvalue weighted by atomic mass is 10.0. The summed E-state index contributed by atoms with van der Waals surface area (Å²) >= 11 is 0. The van der Waals surface area contributed by atoms with Crippen molar-refractivity contribution in [3.63, 3.8) is 0 Å². The molecule has 1 aromatic heterocycles. The van der Waals surface area contributed by atoms with Crippen molar-refractivity contribution < 1.29 is 9.21 Å². The third-order valence-corrected chi connectivity index (χ3v) is 5.33. The Hall–Kier alpha value is -3.40. The van der Waals surface area contributed by atoms with Gasteiger partial charge in [-0.3, -0.25) is 4.79 Å². The Morgan fingerprint density at radius 3 is 2.54 bits per heavy atom. The molecule has 0 saturated carbocycles. The van der Waals surface area contributed by atoms with Gasteiger partial charge in [-0.1, -0.05) is 44.2 Å². The molecule has 0 spiro atoms. The third-order valence-electron chi connectivity index (χ3n) is 5.33. The van der Waals surface area contributed by atoms with Crippen LogP contribution in [0.25, 0.3) is 22.6 Å². The minimum Gasteiger partial charge on any atom is -0.436 e. The molecule has 4 aromatic rings. The summed E-state index contributed by atoms with van der Waals surface area (Å²) in [5.41, 5.74) is 6.37. The minimum atomic E-state index is 0.0305. The van der Waals surface area contributed by atoms with Crippen LogP contribution in [0.3, 0.4) is 0 Å². The molecule has 0 N–H and O–H groups in total. The fourth-order valence-corrected chi connectivity index (χ4v) is 3.68. The molecule has 0 radical (unpaired) electrons. The van der Waals surface area contributed by atoms with Gasteiger partial charge >= 0.3 is 0 Å². The number of benzene rings is 3. The highest BCUT2D eigenvalue weighted by molar-refractivity contribution is 6.10. The van der Waals surface area contributed by atoms with E-state index in [4.69, 9.17) is 4.42 Å². The van der Waals surface area contributed by atoms with Gasteiger partial charge in [-0.05, 0) is 53.4 Å². The highest BCUT2D eigenvalue weighted by Gasteiger charge is 2.28. The lowest BCUT2D eigenvalue weighted by Gasteiger charge is -2.15. The maximum Gasteiger partial charge on any atom is 0.258 e. The normalized spacial score (nSPS) is 13.5. The zero-order valence-electron chi connectivity index (χ0n) is 15.8. The van der Waals surface area contributed by atoms with E-state index in [1.165, 1.54) is 5.56 Å². The van der Waals surface area contributed by atoms with E-state index < -0.39 is 0 Å². The molecule has 3 aromatic carbocycles. The van der Waals surface area contributed by atoms with Crippen LogP contribution in [-0.2, 0) is 6.54 Å². The van der Waals surface area contributed by atoms with E-state index in [0.717, 1.165) is 33.5 Å². The van der Waals surface area contributed by atoms with E-state index in [1.807, 2.05) is 54.6 Å². The number of carbonyl (C=O) groups excluding carboxylic acids is 1. The molecule has 1 amide bonds. The quantitative estimate of drug-likeness (QED) is 0.460. The number of fused-ring (bicyclic) bond motifs is 2. The van der Waals surface area contributed by atoms with Crippen molar-refractivity contribution in [3.05, 3.63) is 83.4 Å². The monoisotopic (exact) mass is 368 g/mol. The number of nitrogens with zero attached hydrogens (tertiary/aromatic N) is 2. The minimum absolute atomic E-state index is 0.0305.